The van der Waals surface area contributed by atoms with E-state index in [-0.39, 0.29) is 5.54 Å². The van der Waals surface area contributed by atoms with Crippen molar-refractivity contribution in [2.45, 2.75) is 38.1 Å². The van der Waals surface area contributed by atoms with E-state index in [9.17, 15) is 0 Å². The second kappa shape index (κ2) is 2.47. The Hall–Kier alpha value is -1.06. The van der Waals surface area contributed by atoms with Gasteiger partial charge in [0.2, 0.25) is 5.95 Å². The lowest BCUT2D eigenvalue weighted by atomic mass is 10.1. The van der Waals surface area contributed by atoms with E-state index in [1.54, 1.807) is 6.33 Å². The smallest absolute Gasteiger partial charge is 0.239 e. The zero-order chi connectivity index (χ0) is 8.60. The summed E-state index contributed by atoms with van der Waals surface area (Å²) >= 11 is 0. The van der Waals surface area contributed by atoms with Crippen LogP contribution in [0.25, 0.3) is 0 Å². The first-order valence-corrected chi connectivity index (χ1v) is 4.44. The number of hydrogen-bond acceptors (Lipinski definition) is 3. The molecule has 2 rings (SSSR count). The number of aromatic nitrogens is 3. The second-order valence-corrected chi connectivity index (χ2v) is 3.52. The Morgan fingerprint density at radius 1 is 1.67 bits per heavy atom. The fourth-order valence-electron chi connectivity index (χ4n) is 1.71. The Kier molecular flexibility index (Phi) is 1.56. The Morgan fingerprint density at radius 3 is 2.83 bits per heavy atom. The van der Waals surface area contributed by atoms with Crippen molar-refractivity contribution >= 4 is 5.95 Å². The van der Waals surface area contributed by atoms with Crippen molar-refractivity contribution in [3.63, 3.8) is 0 Å². The van der Waals surface area contributed by atoms with Crippen LogP contribution in [0, 0.1) is 0 Å². The molecule has 1 saturated carbocycles. The average molecular weight is 166 g/mol. The third-order valence-electron chi connectivity index (χ3n) is 2.54. The standard InChI is InChI=1S/C8H14N4/c1-2-3-8(4-5-8)12-6-10-7(9)11-12/h6H,2-5H2,1H3,(H2,9,11). The molecule has 0 radical (unpaired) electrons. The molecule has 1 aromatic rings. The molecule has 66 valence electrons. The Balaban J connectivity index is 2.18. The van der Waals surface area contributed by atoms with Crippen molar-refractivity contribution < 1.29 is 0 Å². The maximum atomic E-state index is 5.46. The molecule has 4 heteroatoms. The topological polar surface area (TPSA) is 56.7 Å². The predicted molar refractivity (Wildman–Crippen MR) is 46.6 cm³/mol. The van der Waals surface area contributed by atoms with Gasteiger partial charge in [-0.15, -0.1) is 5.10 Å². The Labute approximate surface area is 71.8 Å². The molecule has 0 unspecified atom stereocenters. The maximum absolute atomic E-state index is 5.46. The summed E-state index contributed by atoms with van der Waals surface area (Å²) in [6, 6.07) is 0. The highest BCUT2D eigenvalue weighted by Crippen LogP contribution is 2.46. The summed E-state index contributed by atoms with van der Waals surface area (Å²) in [5.41, 5.74) is 5.73. The number of anilines is 1. The molecule has 0 atom stereocenters. The highest BCUT2D eigenvalue weighted by Gasteiger charge is 2.44. The molecule has 0 amide bonds. The lowest BCUT2D eigenvalue weighted by Gasteiger charge is -2.12. The van der Waals surface area contributed by atoms with Crippen LogP contribution in [0.5, 0.6) is 0 Å². The van der Waals surface area contributed by atoms with Gasteiger partial charge in [-0.2, -0.15) is 0 Å². The molecule has 0 bridgehead atoms. The minimum atomic E-state index is 0.277. The van der Waals surface area contributed by atoms with E-state index < -0.39 is 0 Å². The van der Waals surface area contributed by atoms with Gasteiger partial charge in [0.05, 0.1) is 5.54 Å². The summed E-state index contributed by atoms with van der Waals surface area (Å²) < 4.78 is 1.94. The van der Waals surface area contributed by atoms with Gasteiger partial charge in [-0.05, 0) is 19.3 Å². The summed E-state index contributed by atoms with van der Waals surface area (Å²) in [4.78, 5) is 3.93. The number of hydrogen-bond donors (Lipinski definition) is 1. The fraction of sp³-hybridized carbons (Fsp3) is 0.750. The van der Waals surface area contributed by atoms with Crippen LogP contribution in [-0.2, 0) is 5.54 Å². The zero-order valence-electron chi connectivity index (χ0n) is 7.32. The molecule has 1 fully saturated rings. The van der Waals surface area contributed by atoms with Crippen LogP contribution in [-0.4, -0.2) is 14.8 Å². The van der Waals surface area contributed by atoms with Crippen LogP contribution in [0.1, 0.15) is 32.6 Å². The van der Waals surface area contributed by atoms with Gasteiger partial charge >= 0.3 is 0 Å². The van der Waals surface area contributed by atoms with E-state index >= 15 is 0 Å². The largest absolute Gasteiger partial charge is 0.367 e. The molecular weight excluding hydrogens is 152 g/mol. The van der Waals surface area contributed by atoms with Gasteiger partial charge in [-0.3, -0.25) is 0 Å². The normalized spacial score (nSPS) is 19.4. The highest BCUT2D eigenvalue weighted by atomic mass is 15.4. The minimum absolute atomic E-state index is 0.277. The van der Waals surface area contributed by atoms with Gasteiger partial charge in [0.25, 0.3) is 0 Å². The quantitative estimate of drug-likeness (QED) is 0.732. The van der Waals surface area contributed by atoms with E-state index in [1.165, 1.54) is 25.7 Å². The molecule has 2 N–H and O–H groups in total. The van der Waals surface area contributed by atoms with Gasteiger partial charge in [-0.1, -0.05) is 13.3 Å². The number of nitrogen functional groups attached to an aromatic ring is 1. The van der Waals surface area contributed by atoms with Crippen LogP contribution in [0.2, 0.25) is 0 Å². The summed E-state index contributed by atoms with van der Waals surface area (Å²) in [6.07, 6.45) is 6.58. The molecule has 1 aliphatic rings. The van der Waals surface area contributed by atoms with Crippen molar-refractivity contribution in [3.05, 3.63) is 6.33 Å². The van der Waals surface area contributed by atoms with E-state index in [0.29, 0.717) is 5.95 Å². The van der Waals surface area contributed by atoms with Gasteiger partial charge in [-0.25, -0.2) is 9.67 Å². The van der Waals surface area contributed by atoms with Crippen LogP contribution in [0.4, 0.5) is 5.95 Å². The summed E-state index contributed by atoms with van der Waals surface area (Å²) in [6.45, 7) is 2.19. The van der Waals surface area contributed by atoms with Gasteiger partial charge < -0.3 is 5.73 Å². The van der Waals surface area contributed by atoms with E-state index in [0.717, 1.165) is 0 Å². The maximum Gasteiger partial charge on any atom is 0.239 e. The Morgan fingerprint density at radius 2 is 2.42 bits per heavy atom. The fourth-order valence-corrected chi connectivity index (χ4v) is 1.71. The number of nitrogens with zero attached hydrogens (tertiary/aromatic N) is 3. The first-order chi connectivity index (χ1) is 5.77. The van der Waals surface area contributed by atoms with Crippen molar-refractivity contribution in [3.8, 4) is 0 Å². The SMILES string of the molecule is CCCC1(n2cnc(N)n2)CC1. The third kappa shape index (κ3) is 1.07. The van der Waals surface area contributed by atoms with Crippen molar-refractivity contribution in [1.82, 2.24) is 14.8 Å². The molecule has 0 spiro atoms. The summed E-state index contributed by atoms with van der Waals surface area (Å²) in [7, 11) is 0. The minimum Gasteiger partial charge on any atom is -0.367 e. The van der Waals surface area contributed by atoms with E-state index in [4.69, 9.17) is 5.73 Å². The molecule has 12 heavy (non-hydrogen) atoms. The first kappa shape index (κ1) is 7.58. The molecule has 1 aliphatic carbocycles. The van der Waals surface area contributed by atoms with Crippen LogP contribution in [0.3, 0.4) is 0 Å². The molecule has 0 aromatic carbocycles. The van der Waals surface area contributed by atoms with Crippen LogP contribution >= 0.6 is 0 Å². The summed E-state index contributed by atoms with van der Waals surface area (Å²) in [5, 5.41) is 4.15. The van der Waals surface area contributed by atoms with E-state index in [2.05, 4.69) is 17.0 Å². The molecule has 4 nitrogen and oxygen atoms in total. The second-order valence-electron chi connectivity index (χ2n) is 3.52. The van der Waals surface area contributed by atoms with Crippen LogP contribution < -0.4 is 5.73 Å². The molecular formula is C8H14N4. The first-order valence-electron chi connectivity index (χ1n) is 4.44. The highest BCUT2D eigenvalue weighted by molar-refractivity contribution is 5.12. The van der Waals surface area contributed by atoms with Crippen molar-refractivity contribution in [1.29, 1.82) is 0 Å². The monoisotopic (exact) mass is 166 g/mol. The van der Waals surface area contributed by atoms with E-state index in [1.807, 2.05) is 4.68 Å². The van der Waals surface area contributed by atoms with Crippen LogP contribution in [0.15, 0.2) is 6.33 Å². The van der Waals surface area contributed by atoms with Gasteiger partial charge in [0.1, 0.15) is 6.33 Å². The Bertz CT molecular complexity index is 274. The lowest BCUT2D eigenvalue weighted by molar-refractivity contribution is 0.397. The average Bonchev–Trinajstić information content (AvgIpc) is 2.69. The number of rotatable bonds is 3. The third-order valence-corrected chi connectivity index (χ3v) is 2.54. The molecule has 0 saturated heterocycles. The predicted octanol–water partition coefficient (Wildman–Crippen LogP) is 1.15. The summed E-state index contributed by atoms with van der Waals surface area (Å²) in [5.74, 6) is 0.386. The zero-order valence-corrected chi connectivity index (χ0v) is 7.32. The lowest BCUT2D eigenvalue weighted by Crippen LogP contribution is -2.17. The molecule has 1 aromatic heterocycles. The van der Waals surface area contributed by atoms with Gasteiger partial charge in [0, 0.05) is 0 Å². The van der Waals surface area contributed by atoms with Gasteiger partial charge in [0.15, 0.2) is 0 Å². The number of nitrogens with two attached hydrogens (primary N) is 1. The molecule has 0 aliphatic heterocycles. The van der Waals surface area contributed by atoms with Crippen molar-refractivity contribution in [2.75, 3.05) is 5.73 Å². The van der Waals surface area contributed by atoms with Crippen molar-refractivity contribution in [2.24, 2.45) is 0 Å². The molecule has 1 heterocycles.